The number of nitrogens with one attached hydrogen (secondary N) is 1. The monoisotopic (exact) mass is 748 g/mol. The van der Waals surface area contributed by atoms with Gasteiger partial charge in [0.25, 0.3) is 5.91 Å². The van der Waals surface area contributed by atoms with Crippen LogP contribution < -0.4 is 9.46 Å². The summed E-state index contributed by atoms with van der Waals surface area (Å²) >= 11 is 8.10. The number of carbonyl (C=O) groups excluding carboxylic acids is 1. The highest BCUT2D eigenvalue weighted by atomic mass is 35.5. The quantitative estimate of drug-likeness (QED) is 0.253. The van der Waals surface area contributed by atoms with E-state index in [4.69, 9.17) is 21.1 Å². The highest BCUT2D eigenvalue weighted by Crippen LogP contribution is 2.43. The van der Waals surface area contributed by atoms with E-state index in [1.54, 1.807) is 19.1 Å². The van der Waals surface area contributed by atoms with E-state index in [2.05, 4.69) is 63.7 Å². The number of hydrogen-bond acceptors (Lipinski definition) is 7. The predicted octanol–water partition coefficient (Wildman–Crippen LogP) is 7.87. The van der Waals surface area contributed by atoms with Gasteiger partial charge in [-0.15, -0.1) is 0 Å². The van der Waals surface area contributed by atoms with Crippen LogP contribution in [0.5, 0.6) is 5.75 Å². The van der Waals surface area contributed by atoms with E-state index in [1.165, 1.54) is 62.9 Å². The Morgan fingerprint density at radius 1 is 1.02 bits per heavy atom. The minimum atomic E-state index is -0.137. The fourth-order valence-corrected chi connectivity index (χ4v) is 11.2. The summed E-state index contributed by atoms with van der Waals surface area (Å²) in [6.45, 7) is 10.5. The maximum atomic E-state index is 13.4. The molecule has 2 aliphatic carbocycles. The smallest absolute Gasteiger partial charge is 0.261 e. The van der Waals surface area contributed by atoms with Crippen LogP contribution in [0.1, 0.15) is 86.2 Å². The number of likely N-dealkylation sites (N-methyl/N-ethyl adjacent to an activating group) is 1. The number of rotatable bonds is 4. The van der Waals surface area contributed by atoms with Crippen LogP contribution in [0.2, 0.25) is 5.02 Å². The van der Waals surface area contributed by atoms with Gasteiger partial charge in [-0.2, -0.15) is 0 Å². The number of carbonyl (C=O) groups is 1. The number of piperazine rings is 1. The molecule has 3 fully saturated rings. The van der Waals surface area contributed by atoms with Crippen LogP contribution in [-0.4, -0.2) is 105 Å². The number of methoxy groups -OCH3 is 1. The maximum Gasteiger partial charge on any atom is 0.261 e. The molecule has 1 saturated carbocycles. The van der Waals surface area contributed by atoms with Crippen molar-refractivity contribution in [3.63, 3.8) is 0 Å². The first-order chi connectivity index (χ1) is 25.3. The molecule has 1 spiro atoms. The number of fused-ring (bicyclic) bond motifs is 14. The fourth-order valence-electron chi connectivity index (χ4n) is 10.0. The maximum absolute atomic E-state index is 13.4. The lowest BCUT2D eigenvalue weighted by Gasteiger charge is -2.52. The van der Waals surface area contributed by atoms with E-state index in [9.17, 15) is 4.79 Å². The van der Waals surface area contributed by atoms with Crippen molar-refractivity contribution in [3.8, 4) is 5.75 Å². The van der Waals surface area contributed by atoms with Gasteiger partial charge in [0.15, 0.2) is 0 Å². The number of nitrogens with zero attached hydrogens (tertiary/aromatic N) is 3. The van der Waals surface area contributed by atoms with Gasteiger partial charge < -0.3 is 14.4 Å². The summed E-state index contributed by atoms with van der Waals surface area (Å²) in [5, 5.41) is 1.06. The van der Waals surface area contributed by atoms with Gasteiger partial charge >= 0.3 is 0 Å². The van der Waals surface area contributed by atoms with Crippen molar-refractivity contribution in [1.82, 2.24) is 19.4 Å². The molecule has 7 unspecified atom stereocenters. The van der Waals surface area contributed by atoms with E-state index in [1.807, 2.05) is 24.3 Å². The number of benzene rings is 2. The summed E-state index contributed by atoms with van der Waals surface area (Å²) in [5.74, 6) is 2.47. The third-order valence-electron chi connectivity index (χ3n) is 13.1. The lowest BCUT2D eigenvalue weighted by atomic mass is 9.67. The average Bonchev–Trinajstić information content (AvgIpc) is 3.14. The Kier molecular flexibility index (Phi) is 12.9. The molecule has 2 aromatic rings. The zero-order valence-corrected chi connectivity index (χ0v) is 33.3. The molecular weight excluding hydrogens is 688 g/mol. The van der Waals surface area contributed by atoms with Crippen molar-refractivity contribution in [2.24, 2.45) is 17.8 Å². The van der Waals surface area contributed by atoms with Crippen LogP contribution in [0.25, 0.3) is 0 Å². The molecule has 2 aromatic carbocycles. The Morgan fingerprint density at radius 2 is 1.87 bits per heavy atom. The van der Waals surface area contributed by atoms with Crippen LogP contribution in [0.15, 0.2) is 54.6 Å². The first-order valence-corrected chi connectivity index (χ1v) is 21.4. The Bertz CT molecular complexity index is 1520. The van der Waals surface area contributed by atoms with E-state index in [0.29, 0.717) is 48.6 Å². The molecule has 8 rings (SSSR count). The second-order valence-corrected chi connectivity index (χ2v) is 18.1. The third kappa shape index (κ3) is 8.90. The number of piperidine rings is 1. The summed E-state index contributed by atoms with van der Waals surface area (Å²) in [6, 6.07) is 15.4. The van der Waals surface area contributed by atoms with Crippen LogP contribution >= 0.6 is 23.5 Å². The largest absolute Gasteiger partial charge is 0.493 e. The van der Waals surface area contributed by atoms with Crippen molar-refractivity contribution in [3.05, 3.63) is 76.3 Å². The number of aryl methyl sites for hydroxylation is 1. The summed E-state index contributed by atoms with van der Waals surface area (Å²) in [6.07, 6.45) is 16.9. The molecule has 0 aromatic heterocycles. The van der Waals surface area contributed by atoms with Crippen LogP contribution in [-0.2, 0) is 16.6 Å². The Labute approximate surface area is 322 Å². The Hall–Kier alpha value is -2.07. The molecule has 4 heterocycles. The molecule has 0 radical (unpaired) electrons. The molecule has 7 nitrogen and oxygen atoms in total. The number of halogens is 1. The molecule has 6 aliphatic rings. The molecule has 2 saturated heterocycles. The molecule has 284 valence electrons. The number of amides is 1. The van der Waals surface area contributed by atoms with Crippen molar-refractivity contribution < 1.29 is 14.3 Å². The Morgan fingerprint density at radius 3 is 2.67 bits per heavy atom. The van der Waals surface area contributed by atoms with Crippen LogP contribution in [0.4, 0.5) is 0 Å². The topological polar surface area (TPSA) is 57.3 Å². The number of ether oxygens (including phenoxy) is 2. The van der Waals surface area contributed by atoms with Crippen molar-refractivity contribution in [2.45, 2.75) is 93.9 Å². The van der Waals surface area contributed by atoms with Gasteiger partial charge in [-0.05, 0) is 149 Å². The van der Waals surface area contributed by atoms with Gasteiger partial charge in [0, 0.05) is 79.8 Å². The fraction of sp³-hybridized carbons (Fsp3) is 0.651. The standard InChI is InChI=1S/C43H61ClN4O3S/c1-31-8-6-11-40(48-24-23-47-22-5-4-10-36(47)28-48)38-18-14-34(38)27-46(2)29-43(21-7-9-33-26-35(44)15-19-39(33)43)30-51-37-16-12-32(13-17-37)42(49)45-52-41(31)20-25-50-3/h6,11-13,15-17,19,26,31,34,36,38,40-41H,4-5,7-10,14,18,20-25,27-30H2,1-3H3,(H,45,49)/b11-6+. The second-order valence-electron chi connectivity index (χ2n) is 16.6. The van der Waals surface area contributed by atoms with E-state index >= 15 is 0 Å². The highest BCUT2D eigenvalue weighted by Gasteiger charge is 2.43. The molecular formula is C43H61ClN4O3S. The van der Waals surface area contributed by atoms with Crippen LogP contribution in [0.3, 0.4) is 0 Å². The summed E-state index contributed by atoms with van der Waals surface area (Å²) in [4.78, 5) is 21.6. The molecule has 9 heteroatoms. The van der Waals surface area contributed by atoms with Gasteiger partial charge in [0.2, 0.25) is 0 Å². The van der Waals surface area contributed by atoms with Crippen molar-refractivity contribution in [2.75, 3.05) is 66.6 Å². The normalized spacial score (nSPS) is 33.4. The number of hydrogen-bond donors (Lipinski definition) is 1. The first kappa shape index (κ1) is 38.2. The molecule has 1 N–H and O–H groups in total. The number of allylic oxidation sites excluding steroid dienone is 1. The first-order valence-electron chi connectivity index (χ1n) is 20.1. The SMILES string of the molecule is COCCC1SNC(=O)c2ccc(cc2)OCC2(CCCc3cc(Cl)ccc32)CN(C)CC2CCC2C(N2CCN3CCCCC3C2)/C=C/CC1C. The van der Waals surface area contributed by atoms with Crippen molar-refractivity contribution in [1.29, 1.82) is 0 Å². The predicted molar refractivity (Wildman–Crippen MR) is 215 cm³/mol. The Balaban J connectivity index is 1.17. The van der Waals surface area contributed by atoms with E-state index in [0.717, 1.165) is 62.5 Å². The van der Waals surface area contributed by atoms with E-state index < -0.39 is 0 Å². The third-order valence-corrected chi connectivity index (χ3v) is 14.6. The highest BCUT2D eigenvalue weighted by molar-refractivity contribution is 7.98. The molecule has 2 bridgehead atoms. The van der Waals surface area contributed by atoms with Gasteiger partial charge in [0.05, 0.1) is 6.61 Å². The average molecular weight is 750 g/mol. The van der Waals surface area contributed by atoms with Gasteiger partial charge in [-0.25, -0.2) is 0 Å². The molecule has 7 atom stereocenters. The van der Waals surface area contributed by atoms with Gasteiger partial charge in [-0.3, -0.25) is 19.3 Å². The van der Waals surface area contributed by atoms with Crippen LogP contribution in [0, 0.1) is 17.8 Å². The molecule has 4 aliphatic heterocycles. The lowest BCUT2D eigenvalue weighted by Crippen LogP contribution is -2.60. The zero-order valence-electron chi connectivity index (χ0n) is 31.7. The van der Waals surface area contributed by atoms with E-state index in [-0.39, 0.29) is 16.6 Å². The van der Waals surface area contributed by atoms with Gasteiger partial charge in [-0.1, -0.05) is 43.2 Å². The lowest BCUT2D eigenvalue weighted by molar-refractivity contribution is -0.0103. The zero-order chi connectivity index (χ0) is 36.1. The minimum Gasteiger partial charge on any atom is -0.493 e. The summed E-state index contributed by atoms with van der Waals surface area (Å²) in [7, 11) is 4.11. The van der Waals surface area contributed by atoms with Gasteiger partial charge in [0.1, 0.15) is 5.75 Å². The minimum absolute atomic E-state index is 0.0678. The summed E-state index contributed by atoms with van der Waals surface area (Å²) < 4.78 is 15.4. The van der Waals surface area contributed by atoms with Crippen molar-refractivity contribution >= 4 is 29.5 Å². The second kappa shape index (κ2) is 17.6. The molecule has 1 amide bonds. The molecule has 52 heavy (non-hydrogen) atoms. The summed E-state index contributed by atoms with van der Waals surface area (Å²) in [5.41, 5.74) is 3.25.